The Balaban J connectivity index is 1.58. The van der Waals surface area contributed by atoms with E-state index in [4.69, 9.17) is 10.00 Å². The van der Waals surface area contributed by atoms with Crippen LogP contribution in [0, 0.1) is 17.2 Å². The smallest absolute Gasteiger partial charge is 0.228 e. The van der Waals surface area contributed by atoms with Crippen LogP contribution < -0.4 is 10.6 Å². The molecule has 1 saturated heterocycles. The number of carbonyl (C=O) groups excluding carboxylic acids is 1. The minimum atomic E-state index is -0.00278. The minimum Gasteiger partial charge on any atom is -0.381 e. The zero-order chi connectivity index (χ0) is 16.8. The largest absolute Gasteiger partial charge is 0.381 e. The highest BCUT2D eigenvalue weighted by Gasteiger charge is 2.21. The third-order valence-electron chi connectivity index (χ3n) is 3.91. The Morgan fingerprint density at radius 3 is 2.46 bits per heavy atom. The van der Waals surface area contributed by atoms with Crippen molar-refractivity contribution in [2.45, 2.75) is 12.8 Å². The lowest BCUT2D eigenvalue weighted by Gasteiger charge is -2.20. The molecule has 6 heteroatoms. The Morgan fingerprint density at radius 1 is 1.12 bits per heavy atom. The van der Waals surface area contributed by atoms with Gasteiger partial charge in [0.1, 0.15) is 5.82 Å². The summed E-state index contributed by atoms with van der Waals surface area (Å²) >= 11 is 0. The molecule has 1 aromatic heterocycles. The predicted octanol–water partition coefficient (Wildman–Crippen LogP) is 3.06. The Bertz CT molecular complexity index is 729. The molecule has 1 amide bonds. The van der Waals surface area contributed by atoms with Crippen molar-refractivity contribution in [1.29, 1.82) is 5.26 Å². The van der Waals surface area contributed by atoms with Gasteiger partial charge in [0.15, 0.2) is 0 Å². The van der Waals surface area contributed by atoms with Gasteiger partial charge in [0.25, 0.3) is 0 Å². The molecule has 0 spiro atoms. The van der Waals surface area contributed by atoms with Crippen LogP contribution in [-0.2, 0) is 9.53 Å². The van der Waals surface area contributed by atoms with Gasteiger partial charge in [-0.05, 0) is 49.2 Å². The molecule has 1 aromatic carbocycles. The number of anilines is 3. The third kappa shape index (κ3) is 4.09. The summed E-state index contributed by atoms with van der Waals surface area (Å²) in [6, 6.07) is 12.9. The number of carbonyl (C=O) groups is 1. The first kappa shape index (κ1) is 16.0. The molecule has 0 unspecified atom stereocenters. The quantitative estimate of drug-likeness (QED) is 0.903. The van der Waals surface area contributed by atoms with Crippen molar-refractivity contribution in [1.82, 2.24) is 4.98 Å². The van der Waals surface area contributed by atoms with Crippen molar-refractivity contribution in [2.75, 3.05) is 23.8 Å². The molecule has 3 rings (SSSR count). The van der Waals surface area contributed by atoms with Crippen molar-refractivity contribution in [2.24, 2.45) is 5.92 Å². The van der Waals surface area contributed by atoms with E-state index >= 15 is 0 Å². The van der Waals surface area contributed by atoms with E-state index in [1.54, 1.807) is 24.4 Å². The molecule has 6 nitrogen and oxygen atoms in total. The average molecular weight is 322 g/mol. The molecule has 0 bridgehead atoms. The zero-order valence-corrected chi connectivity index (χ0v) is 13.2. The van der Waals surface area contributed by atoms with Crippen molar-refractivity contribution < 1.29 is 9.53 Å². The van der Waals surface area contributed by atoms with Gasteiger partial charge in [-0.25, -0.2) is 4.98 Å². The van der Waals surface area contributed by atoms with Crippen molar-refractivity contribution in [3.8, 4) is 6.07 Å². The molecular formula is C18H18N4O2. The maximum atomic E-state index is 12.2. The van der Waals surface area contributed by atoms with Crippen LogP contribution in [-0.4, -0.2) is 24.1 Å². The summed E-state index contributed by atoms with van der Waals surface area (Å²) in [7, 11) is 0. The highest BCUT2D eigenvalue weighted by Crippen LogP contribution is 2.19. The maximum absolute atomic E-state index is 12.2. The molecule has 0 aliphatic carbocycles. The number of nitriles is 1. The Kier molecular flexibility index (Phi) is 5.04. The number of nitrogens with one attached hydrogen (secondary N) is 2. The second-order valence-corrected chi connectivity index (χ2v) is 5.62. The molecule has 0 saturated carbocycles. The summed E-state index contributed by atoms with van der Waals surface area (Å²) in [6.07, 6.45) is 3.17. The van der Waals surface area contributed by atoms with Crippen molar-refractivity contribution in [3.63, 3.8) is 0 Å². The van der Waals surface area contributed by atoms with E-state index in [1.807, 2.05) is 18.2 Å². The van der Waals surface area contributed by atoms with E-state index in [9.17, 15) is 4.79 Å². The number of rotatable bonds is 4. The number of benzene rings is 1. The van der Waals surface area contributed by atoms with Crippen molar-refractivity contribution >= 4 is 23.1 Å². The van der Waals surface area contributed by atoms with Crippen LogP contribution in [0.15, 0.2) is 42.6 Å². The van der Waals surface area contributed by atoms with E-state index in [-0.39, 0.29) is 11.8 Å². The number of ether oxygens (including phenoxy) is 1. The van der Waals surface area contributed by atoms with Crippen LogP contribution in [0.4, 0.5) is 17.2 Å². The van der Waals surface area contributed by atoms with E-state index in [0.29, 0.717) is 24.6 Å². The lowest BCUT2D eigenvalue weighted by molar-refractivity contribution is -0.122. The van der Waals surface area contributed by atoms with Gasteiger partial charge >= 0.3 is 0 Å². The van der Waals surface area contributed by atoms with Gasteiger partial charge in [-0.2, -0.15) is 5.26 Å². The maximum Gasteiger partial charge on any atom is 0.228 e. The molecule has 0 atom stereocenters. The van der Waals surface area contributed by atoms with Crippen LogP contribution in [0.5, 0.6) is 0 Å². The van der Waals surface area contributed by atoms with Crippen LogP contribution >= 0.6 is 0 Å². The molecule has 2 aromatic rings. The summed E-state index contributed by atoms with van der Waals surface area (Å²) in [5.41, 5.74) is 2.29. The molecule has 1 aliphatic heterocycles. The molecule has 1 aliphatic rings. The van der Waals surface area contributed by atoms with Gasteiger partial charge in [0.05, 0.1) is 23.5 Å². The minimum absolute atomic E-state index is 0.00129. The number of aromatic nitrogens is 1. The summed E-state index contributed by atoms with van der Waals surface area (Å²) < 4.78 is 5.27. The summed E-state index contributed by atoms with van der Waals surface area (Å²) in [4.78, 5) is 16.4. The van der Waals surface area contributed by atoms with E-state index in [2.05, 4.69) is 21.7 Å². The van der Waals surface area contributed by atoms with E-state index in [0.717, 1.165) is 24.2 Å². The highest BCUT2D eigenvalue weighted by atomic mass is 16.5. The van der Waals surface area contributed by atoms with E-state index < -0.39 is 0 Å². The molecule has 122 valence electrons. The average Bonchev–Trinajstić information content (AvgIpc) is 2.65. The van der Waals surface area contributed by atoms with Crippen molar-refractivity contribution in [3.05, 3.63) is 48.2 Å². The van der Waals surface area contributed by atoms with Gasteiger partial charge in [-0.1, -0.05) is 0 Å². The molecule has 0 radical (unpaired) electrons. The van der Waals surface area contributed by atoms with Gasteiger partial charge < -0.3 is 15.4 Å². The Labute approximate surface area is 140 Å². The number of hydrogen-bond acceptors (Lipinski definition) is 5. The monoisotopic (exact) mass is 322 g/mol. The first-order chi connectivity index (χ1) is 11.7. The second-order valence-electron chi connectivity index (χ2n) is 5.62. The summed E-state index contributed by atoms with van der Waals surface area (Å²) in [5.74, 6) is 0.535. The van der Waals surface area contributed by atoms with Gasteiger partial charge in [0, 0.05) is 24.8 Å². The number of nitrogens with zero attached hydrogens (tertiary/aromatic N) is 2. The fourth-order valence-corrected chi connectivity index (χ4v) is 2.52. The molecule has 2 heterocycles. The van der Waals surface area contributed by atoms with Gasteiger partial charge in [0.2, 0.25) is 5.91 Å². The Hall–Kier alpha value is -2.91. The first-order valence-corrected chi connectivity index (χ1v) is 7.86. The lowest BCUT2D eigenvalue weighted by Crippen LogP contribution is -2.28. The van der Waals surface area contributed by atoms with E-state index in [1.165, 1.54) is 0 Å². The second kappa shape index (κ2) is 7.57. The summed E-state index contributed by atoms with van der Waals surface area (Å²) in [5, 5.41) is 14.8. The topological polar surface area (TPSA) is 87.0 Å². The molecular weight excluding hydrogens is 304 g/mol. The normalized spacial score (nSPS) is 14.6. The third-order valence-corrected chi connectivity index (χ3v) is 3.91. The molecule has 2 N–H and O–H groups in total. The molecule has 1 fully saturated rings. The van der Waals surface area contributed by atoms with Crippen LogP contribution in [0.3, 0.4) is 0 Å². The highest BCUT2D eigenvalue weighted by molar-refractivity contribution is 5.91. The predicted molar refractivity (Wildman–Crippen MR) is 90.8 cm³/mol. The standard InChI is InChI=1S/C18H18N4O2/c19-11-13-1-3-15(4-2-13)21-16-5-6-17(20-12-16)22-18(23)14-7-9-24-10-8-14/h1-6,12,14,21H,7-10H2,(H,20,22,23). The summed E-state index contributed by atoms with van der Waals surface area (Å²) in [6.45, 7) is 1.28. The van der Waals surface area contributed by atoms with Crippen LogP contribution in [0.25, 0.3) is 0 Å². The number of pyridine rings is 1. The van der Waals surface area contributed by atoms with Crippen LogP contribution in [0.2, 0.25) is 0 Å². The van der Waals surface area contributed by atoms with Crippen LogP contribution in [0.1, 0.15) is 18.4 Å². The Morgan fingerprint density at radius 2 is 1.83 bits per heavy atom. The van der Waals surface area contributed by atoms with Gasteiger partial charge in [-0.3, -0.25) is 4.79 Å². The fourth-order valence-electron chi connectivity index (χ4n) is 2.52. The zero-order valence-electron chi connectivity index (χ0n) is 13.2. The fraction of sp³-hybridized carbons (Fsp3) is 0.278. The first-order valence-electron chi connectivity index (χ1n) is 7.86. The lowest BCUT2D eigenvalue weighted by atomic mass is 9.99. The number of hydrogen-bond donors (Lipinski definition) is 2. The molecule has 24 heavy (non-hydrogen) atoms. The van der Waals surface area contributed by atoms with Gasteiger partial charge in [-0.15, -0.1) is 0 Å². The SMILES string of the molecule is N#Cc1ccc(Nc2ccc(NC(=O)C3CCOCC3)nc2)cc1. The number of amides is 1.